The number of hydrogen-bond acceptors (Lipinski definition) is 4. The molecule has 3 aromatic rings. The van der Waals surface area contributed by atoms with E-state index in [2.05, 4.69) is 22.4 Å². The standard InChI is InChI=1S/C28H29F3N4O2/c29-28(30,31)24-11-6-10-22(19-24)27(37)35-17-15-34(16-18-35)25-13-12-23(20-33-25)26(36)32-14-5-4-9-21-7-2-1-3-8-21/h1-3,6-8,10-13,19-20H,4-5,9,14-18H2,(H,32,36). The second-order valence-electron chi connectivity index (χ2n) is 8.96. The topological polar surface area (TPSA) is 65.5 Å². The average Bonchev–Trinajstić information content (AvgIpc) is 2.93. The van der Waals surface area contributed by atoms with E-state index in [0.717, 1.165) is 31.4 Å². The van der Waals surface area contributed by atoms with Crippen molar-refractivity contribution in [1.29, 1.82) is 0 Å². The molecule has 0 bridgehead atoms. The van der Waals surface area contributed by atoms with Crippen LogP contribution in [-0.2, 0) is 12.6 Å². The Morgan fingerprint density at radius 2 is 1.62 bits per heavy atom. The van der Waals surface area contributed by atoms with Crippen LogP contribution >= 0.6 is 0 Å². The third-order valence-electron chi connectivity index (χ3n) is 6.36. The predicted octanol–water partition coefficient (Wildman–Crippen LogP) is 4.82. The molecule has 1 N–H and O–H groups in total. The van der Waals surface area contributed by atoms with Gasteiger partial charge in [-0.3, -0.25) is 9.59 Å². The first kappa shape index (κ1) is 26.2. The number of nitrogens with zero attached hydrogens (tertiary/aromatic N) is 3. The zero-order valence-corrected chi connectivity index (χ0v) is 20.4. The minimum absolute atomic E-state index is 0.0248. The van der Waals surface area contributed by atoms with Crippen LogP contribution in [0.4, 0.5) is 19.0 Å². The van der Waals surface area contributed by atoms with Gasteiger partial charge in [0.2, 0.25) is 0 Å². The molecule has 0 unspecified atom stereocenters. The molecule has 6 nitrogen and oxygen atoms in total. The van der Waals surface area contributed by atoms with Crippen molar-refractivity contribution in [1.82, 2.24) is 15.2 Å². The van der Waals surface area contributed by atoms with E-state index in [1.165, 1.54) is 23.9 Å². The molecule has 1 aromatic heterocycles. The molecule has 1 aliphatic heterocycles. The third kappa shape index (κ3) is 7.09. The number of alkyl halides is 3. The minimum atomic E-state index is -4.49. The van der Waals surface area contributed by atoms with Crippen molar-refractivity contribution in [2.24, 2.45) is 0 Å². The van der Waals surface area contributed by atoms with E-state index in [9.17, 15) is 22.8 Å². The number of halogens is 3. The molecule has 9 heteroatoms. The maximum atomic E-state index is 13.0. The Labute approximate surface area is 214 Å². The summed E-state index contributed by atoms with van der Waals surface area (Å²) in [6.07, 6.45) is -0.105. The molecule has 0 saturated carbocycles. The van der Waals surface area contributed by atoms with Crippen molar-refractivity contribution in [3.05, 3.63) is 95.2 Å². The summed E-state index contributed by atoms with van der Waals surface area (Å²) in [6.45, 7) is 2.30. The Kier molecular flexibility index (Phi) is 8.43. The van der Waals surface area contributed by atoms with Crippen LogP contribution in [-0.4, -0.2) is 54.4 Å². The van der Waals surface area contributed by atoms with Gasteiger partial charge in [0, 0.05) is 44.5 Å². The Bertz CT molecular complexity index is 1190. The second kappa shape index (κ2) is 11.9. The number of unbranched alkanes of at least 4 members (excludes halogenated alkanes) is 1. The summed E-state index contributed by atoms with van der Waals surface area (Å²) in [7, 11) is 0. The lowest BCUT2D eigenvalue weighted by Crippen LogP contribution is -2.49. The molecule has 2 aromatic carbocycles. The van der Waals surface area contributed by atoms with Crippen molar-refractivity contribution in [3.8, 4) is 0 Å². The van der Waals surface area contributed by atoms with E-state index >= 15 is 0 Å². The number of rotatable bonds is 8. The molecule has 1 fully saturated rings. The van der Waals surface area contributed by atoms with E-state index in [1.807, 2.05) is 23.1 Å². The van der Waals surface area contributed by atoms with Gasteiger partial charge < -0.3 is 15.1 Å². The second-order valence-corrected chi connectivity index (χ2v) is 8.96. The molecule has 2 amide bonds. The molecule has 0 spiro atoms. The fourth-order valence-electron chi connectivity index (χ4n) is 4.26. The van der Waals surface area contributed by atoms with Crippen molar-refractivity contribution in [2.75, 3.05) is 37.6 Å². The highest BCUT2D eigenvalue weighted by atomic mass is 19.4. The molecule has 0 radical (unpaired) electrons. The molecular formula is C28H29F3N4O2. The number of nitrogens with one attached hydrogen (secondary N) is 1. The Morgan fingerprint density at radius 3 is 2.30 bits per heavy atom. The Morgan fingerprint density at radius 1 is 0.865 bits per heavy atom. The van der Waals surface area contributed by atoms with Crippen LogP contribution in [0.2, 0.25) is 0 Å². The molecule has 0 atom stereocenters. The van der Waals surface area contributed by atoms with Gasteiger partial charge in [-0.25, -0.2) is 4.98 Å². The Hall–Kier alpha value is -3.88. The molecule has 37 heavy (non-hydrogen) atoms. The number of aryl methyl sites for hydroxylation is 1. The lowest BCUT2D eigenvalue weighted by molar-refractivity contribution is -0.137. The lowest BCUT2D eigenvalue weighted by atomic mass is 10.1. The fourth-order valence-corrected chi connectivity index (χ4v) is 4.26. The largest absolute Gasteiger partial charge is 0.416 e. The Balaban J connectivity index is 1.22. The molecule has 1 aliphatic rings. The van der Waals surface area contributed by atoms with Crippen molar-refractivity contribution >= 4 is 17.6 Å². The molecule has 4 rings (SSSR count). The summed E-state index contributed by atoms with van der Waals surface area (Å²) < 4.78 is 38.9. The molecule has 2 heterocycles. The summed E-state index contributed by atoms with van der Waals surface area (Å²) in [5.41, 5.74) is 0.953. The van der Waals surface area contributed by atoms with Crippen LogP contribution in [0.15, 0.2) is 72.9 Å². The summed E-state index contributed by atoms with van der Waals surface area (Å²) in [6, 6.07) is 18.2. The number of anilines is 1. The number of benzene rings is 2. The van der Waals surface area contributed by atoms with E-state index < -0.39 is 17.6 Å². The number of amides is 2. The van der Waals surface area contributed by atoms with Gasteiger partial charge in [-0.2, -0.15) is 13.2 Å². The highest BCUT2D eigenvalue weighted by Gasteiger charge is 2.31. The summed E-state index contributed by atoms with van der Waals surface area (Å²) in [5, 5.41) is 2.92. The predicted molar refractivity (Wildman–Crippen MR) is 136 cm³/mol. The molecular weight excluding hydrogens is 481 g/mol. The van der Waals surface area contributed by atoms with Gasteiger partial charge in [-0.15, -0.1) is 0 Å². The van der Waals surface area contributed by atoms with Crippen molar-refractivity contribution in [2.45, 2.75) is 25.4 Å². The highest BCUT2D eigenvalue weighted by Crippen LogP contribution is 2.30. The van der Waals surface area contributed by atoms with Crippen LogP contribution in [0.3, 0.4) is 0 Å². The zero-order valence-electron chi connectivity index (χ0n) is 20.4. The van der Waals surface area contributed by atoms with Gasteiger partial charge in [0.05, 0.1) is 11.1 Å². The first-order chi connectivity index (χ1) is 17.8. The SMILES string of the molecule is O=C(NCCCCc1ccccc1)c1ccc(N2CCN(C(=O)c3cccc(C(F)(F)F)c3)CC2)nc1. The highest BCUT2D eigenvalue weighted by molar-refractivity contribution is 5.95. The quantitative estimate of drug-likeness (QED) is 0.442. The van der Waals surface area contributed by atoms with Gasteiger partial charge in [-0.1, -0.05) is 36.4 Å². The summed E-state index contributed by atoms with van der Waals surface area (Å²) in [4.78, 5) is 33.1. The molecule has 194 valence electrons. The minimum Gasteiger partial charge on any atom is -0.353 e. The number of aromatic nitrogens is 1. The summed E-state index contributed by atoms with van der Waals surface area (Å²) in [5.74, 6) is 0.0929. The molecule has 0 aliphatic carbocycles. The maximum absolute atomic E-state index is 13.0. The normalized spacial score (nSPS) is 13.9. The first-order valence-corrected chi connectivity index (χ1v) is 12.3. The average molecular weight is 511 g/mol. The zero-order chi connectivity index (χ0) is 26.3. The first-order valence-electron chi connectivity index (χ1n) is 12.3. The maximum Gasteiger partial charge on any atom is 0.416 e. The fraction of sp³-hybridized carbons (Fsp3) is 0.321. The van der Waals surface area contributed by atoms with E-state index in [0.29, 0.717) is 44.1 Å². The number of pyridine rings is 1. The smallest absolute Gasteiger partial charge is 0.353 e. The van der Waals surface area contributed by atoms with Crippen LogP contribution in [0.1, 0.15) is 44.7 Å². The monoisotopic (exact) mass is 510 g/mol. The van der Waals surface area contributed by atoms with Gasteiger partial charge in [0.1, 0.15) is 5.82 Å². The van der Waals surface area contributed by atoms with Crippen LogP contribution < -0.4 is 10.2 Å². The molecule has 1 saturated heterocycles. The van der Waals surface area contributed by atoms with E-state index in [1.54, 1.807) is 17.0 Å². The van der Waals surface area contributed by atoms with Crippen LogP contribution in [0, 0.1) is 0 Å². The number of piperazine rings is 1. The van der Waals surface area contributed by atoms with Crippen molar-refractivity contribution in [3.63, 3.8) is 0 Å². The van der Waals surface area contributed by atoms with Crippen molar-refractivity contribution < 1.29 is 22.8 Å². The number of carbonyl (C=O) groups is 2. The van der Waals surface area contributed by atoms with Gasteiger partial charge in [0.15, 0.2) is 0 Å². The lowest BCUT2D eigenvalue weighted by Gasteiger charge is -2.35. The number of hydrogen-bond donors (Lipinski definition) is 1. The van der Waals surface area contributed by atoms with Crippen LogP contribution in [0.25, 0.3) is 0 Å². The van der Waals surface area contributed by atoms with Crippen LogP contribution in [0.5, 0.6) is 0 Å². The summed E-state index contributed by atoms with van der Waals surface area (Å²) >= 11 is 0. The van der Waals surface area contributed by atoms with E-state index in [-0.39, 0.29) is 11.5 Å². The third-order valence-corrected chi connectivity index (χ3v) is 6.36. The number of carbonyl (C=O) groups excluding carboxylic acids is 2. The van der Waals surface area contributed by atoms with Gasteiger partial charge >= 0.3 is 6.18 Å². The van der Waals surface area contributed by atoms with Gasteiger partial charge in [-0.05, 0) is 55.2 Å². The van der Waals surface area contributed by atoms with E-state index in [4.69, 9.17) is 0 Å². The van der Waals surface area contributed by atoms with Gasteiger partial charge in [0.25, 0.3) is 11.8 Å².